The SMILES string of the molecule is Cc1ccccc1CNC(=O)c1cnc(NCCc2ccccc2)cn1. The summed E-state index contributed by atoms with van der Waals surface area (Å²) in [5.74, 6) is 0.438. The maximum absolute atomic E-state index is 12.2. The molecular weight excluding hydrogens is 324 g/mol. The Morgan fingerprint density at radius 3 is 2.46 bits per heavy atom. The maximum Gasteiger partial charge on any atom is 0.271 e. The van der Waals surface area contributed by atoms with Crippen molar-refractivity contribution in [3.05, 3.63) is 89.4 Å². The summed E-state index contributed by atoms with van der Waals surface area (Å²) in [5.41, 5.74) is 3.82. The maximum atomic E-state index is 12.2. The summed E-state index contributed by atoms with van der Waals surface area (Å²) in [6.45, 7) is 3.26. The van der Waals surface area contributed by atoms with E-state index in [1.807, 2.05) is 49.4 Å². The standard InChI is InChI=1S/C21H22N4O/c1-16-7-5-6-10-18(16)13-25-21(26)19-14-24-20(15-23-19)22-12-11-17-8-3-2-4-9-17/h2-10,14-15H,11-13H2,1H3,(H,22,24)(H,25,26). The summed E-state index contributed by atoms with van der Waals surface area (Å²) < 4.78 is 0. The Morgan fingerprint density at radius 2 is 1.73 bits per heavy atom. The highest BCUT2D eigenvalue weighted by Gasteiger charge is 2.08. The molecular formula is C21H22N4O. The predicted molar refractivity (Wildman–Crippen MR) is 103 cm³/mol. The molecule has 0 bridgehead atoms. The van der Waals surface area contributed by atoms with Crippen LogP contribution in [0.3, 0.4) is 0 Å². The van der Waals surface area contributed by atoms with Gasteiger partial charge in [-0.2, -0.15) is 0 Å². The fraction of sp³-hybridized carbons (Fsp3) is 0.190. The number of nitrogens with zero attached hydrogens (tertiary/aromatic N) is 2. The lowest BCUT2D eigenvalue weighted by atomic mass is 10.1. The highest BCUT2D eigenvalue weighted by molar-refractivity contribution is 5.91. The molecule has 5 heteroatoms. The van der Waals surface area contributed by atoms with Gasteiger partial charge >= 0.3 is 0 Å². The Morgan fingerprint density at radius 1 is 0.962 bits per heavy atom. The van der Waals surface area contributed by atoms with Crippen LogP contribution in [0.25, 0.3) is 0 Å². The fourth-order valence-corrected chi connectivity index (χ4v) is 2.59. The van der Waals surface area contributed by atoms with Crippen LogP contribution >= 0.6 is 0 Å². The lowest BCUT2D eigenvalue weighted by Gasteiger charge is -2.08. The number of benzene rings is 2. The summed E-state index contributed by atoms with van der Waals surface area (Å²) in [6, 6.07) is 18.2. The molecule has 1 aromatic heterocycles. The van der Waals surface area contributed by atoms with Gasteiger partial charge in [-0.05, 0) is 30.0 Å². The van der Waals surface area contributed by atoms with E-state index < -0.39 is 0 Å². The second-order valence-electron chi connectivity index (χ2n) is 6.06. The number of carbonyl (C=O) groups is 1. The summed E-state index contributed by atoms with van der Waals surface area (Å²) in [5, 5.41) is 6.10. The second-order valence-corrected chi connectivity index (χ2v) is 6.06. The van der Waals surface area contributed by atoms with Crippen LogP contribution in [0.2, 0.25) is 0 Å². The van der Waals surface area contributed by atoms with Gasteiger partial charge in [0.25, 0.3) is 5.91 Å². The van der Waals surface area contributed by atoms with Crippen molar-refractivity contribution in [1.82, 2.24) is 15.3 Å². The number of rotatable bonds is 7. The molecule has 132 valence electrons. The van der Waals surface area contributed by atoms with Gasteiger partial charge in [-0.25, -0.2) is 9.97 Å². The van der Waals surface area contributed by atoms with E-state index in [4.69, 9.17) is 0 Å². The molecule has 0 fully saturated rings. The molecule has 5 nitrogen and oxygen atoms in total. The van der Waals surface area contributed by atoms with E-state index in [1.54, 1.807) is 6.20 Å². The lowest BCUT2D eigenvalue weighted by Crippen LogP contribution is -2.24. The van der Waals surface area contributed by atoms with Crippen LogP contribution in [0.15, 0.2) is 67.0 Å². The van der Waals surface area contributed by atoms with Gasteiger partial charge in [0, 0.05) is 13.1 Å². The normalized spacial score (nSPS) is 10.3. The number of aromatic nitrogens is 2. The highest BCUT2D eigenvalue weighted by atomic mass is 16.1. The third-order valence-corrected chi connectivity index (χ3v) is 4.15. The van der Waals surface area contributed by atoms with E-state index in [1.165, 1.54) is 11.8 Å². The van der Waals surface area contributed by atoms with Crippen LogP contribution in [-0.4, -0.2) is 22.4 Å². The molecule has 0 radical (unpaired) electrons. The molecule has 0 aliphatic carbocycles. The Balaban J connectivity index is 1.49. The van der Waals surface area contributed by atoms with Crippen molar-refractivity contribution >= 4 is 11.7 Å². The van der Waals surface area contributed by atoms with E-state index in [0.29, 0.717) is 18.1 Å². The first kappa shape index (κ1) is 17.6. The Hall–Kier alpha value is -3.21. The minimum absolute atomic E-state index is 0.225. The minimum atomic E-state index is -0.225. The molecule has 0 saturated heterocycles. The van der Waals surface area contributed by atoms with Gasteiger partial charge in [-0.3, -0.25) is 4.79 Å². The molecule has 3 aromatic rings. The molecule has 0 spiro atoms. The highest BCUT2D eigenvalue weighted by Crippen LogP contribution is 2.07. The summed E-state index contributed by atoms with van der Waals surface area (Å²) >= 11 is 0. The smallest absolute Gasteiger partial charge is 0.271 e. The molecule has 0 saturated carbocycles. The van der Waals surface area contributed by atoms with Gasteiger partial charge in [0.15, 0.2) is 0 Å². The second kappa shape index (κ2) is 8.76. The number of anilines is 1. The van der Waals surface area contributed by atoms with Gasteiger partial charge in [0.1, 0.15) is 11.5 Å². The Labute approximate surface area is 153 Å². The van der Waals surface area contributed by atoms with Crippen molar-refractivity contribution in [1.29, 1.82) is 0 Å². The van der Waals surface area contributed by atoms with Gasteiger partial charge in [-0.15, -0.1) is 0 Å². The summed E-state index contributed by atoms with van der Waals surface area (Å²) in [4.78, 5) is 20.7. The van der Waals surface area contributed by atoms with E-state index in [2.05, 4.69) is 32.7 Å². The van der Waals surface area contributed by atoms with Gasteiger partial charge in [0.2, 0.25) is 0 Å². The third-order valence-electron chi connectivity index (χ3n) is 4.15. The molecule has 2 N–H and O–H groups in total. The van der Waals surface area contributed by atoms with E-state index >= 15 is 0 Å². The largest absolute Gasteiger partial charge is 0.368 e. The van der Waals surface area contributed by atoms with Crippen LogP contribution in [0, 0.1) is 6.92 Å². The van der Waals surface area contributed by atoms with E-state index in [0.717, 1.165) is 24.1 Å². The van der Waals surface area contributed by atoms with Crippen LogP contribution in [0.1, 0.15) is 27.2 Å². The Bertz CT molecular complexity index is 847. The summed E-state index contributed by atoms with van der Waals surface area (Å²) in [6.07, 6.45) is 3.99. The molecule has 2 aromatic carbocycles. The zero-order valence-corrected chi connectivity index (χ0v) is 14.8. The number of aryl methyl sites for hydroxylation is 1. The molecule has 1 amide bonds. The fourth-order valence-electron chi connectivity index (χ4n) is 2.59. The van der Waals surface area contributed by atoms with Crippen molar-refractivity contribution in [2.45, 2.75) is 19.9 Å². The average molecular weight is 346 g/mol. The first-order chi connectivity index (χ1) is 12.7. The number of hydrogen-bond donors (Lipinski definition) is 2. The first-order valence-electron chi connectivity index (χ1n) is 8.65. The average Bonchev–Trinajstić information content (AvgIpc) is 2.68. The van der Waals surface area contributed by atoms with Crippen molar-refractivity contribution in [3.8, 4) is 0 Å². The molecule has 0 aliphatic rings. The quantitative estimate of drug-likeness (QED) is 0.688. The number of nitrogens with one attached hydrogen (secondary N) is 2. The first-order valence-corrected chi connectivity index (χ1v) is 8.65. The van der Waals surface area contributed by atoms with Crippen LogP contribution < -0.4 is 10.6 Å². The van der Waals surface area contributed by atoms with Gasteiger partial charge in [-0.1, -0.05) is 54.6 Å². The van der Waals surface area contributed by atoms with Crippen LogP contribution in [0.4, 0.5) is 5.82 Å². The molecule has 0 unspecified atom stereocenters. The van der Waals surface area contributed by atoms with Crippen molar-refractivity contribution in [2.75, 3.05) is 11.9 Å². The minimum Gasteiger partial charge on any atom is -0.368 e. The zero-order valence-electron chi connectivity index (χ0n) is 14.8. The topological polar surface area (TPSA) is 66.9 Å². The number of carbonyl (C=O) groups excluding carboxylic acids is 1. The van der Waals surface area contributed by atoms with Crippen molar-refractivity contribution in [3.63, 3.8) is 0 Å². The van der Waals surface area contributed by atoms with Crippen LogP contribution in [0.5, 0.6) is 0 Å². The number of amides is 1. The van der Waals surface area contributed by atoms with E-state index in [9.17, 15) is 4.79 Å². The predicted octanol–water partition coefficient (Wildman–Crippen LogP) is 3.37. The van der Waals surface area contributed by atoms with Crippen LogP contribution in [-0.2, 0) is 13.0 Å². The lowest BCUT2D eigenvalue weighted by molar-refractivity contribution is 0.0945. The van der Waals surface area contributed by atoms with E-state index in [-0.39, 0.29) is 5.91 Å². The monoisotopic (exact) mass is 346 g/mol. The van der Waals surface area contributed by atoms with Crippen molar-refractivity contribution < 1.29 is 4.79 Å². The Kier molecular flexibility index (Phi) is 5.93. The van der Waals surface area contributed by atoms with Gasteiger partial charge in [0.05, 0.1) is 12.4 Å². The zero-order chi connectivity index (χ0) is 18.2. The molecule has 0 atom stereocenters. The van der Waals surface area contributed by atoms with Gasteiger partial charge < -0.3 is 10.6 Å². The third kappa shape index (κ3) is 4.89. The summed E-state index contributed by atoms with van der Waals surface area (Å²) in [7, 11) is 0. The molecule has 26 heavy (non-hydrogen) atoms. The molecule has 3 rings (SSSR count). The molecule has 1 heterocycles. The number of hydrogen-bond acceptors (Lipinski definition) is 4. The van der Waals surface area contributed by atoms with Crippen molar-refractivity contribution in [2.24, 2.45) is 0 Å². The molecule has 0 aliphatic heterocycles.